The van der Waals surface area contributed by atoms with Gasteiger partial charge in [0.05, 0.1) is 49.3 Å². The fraction of sp³-hybridized carbons (Fsp3) is 0.478. The molecule has 0 aromatic heterocycles. The van der Waals surface area contributed by atoms with Crippen LogP contribution < -0.4 is 61.5 Å². The van der Waals surface area contributed by atoms with E-state index in [4.69, 9.17) is 18.9 Å². The first-order chi connectivity index (χ1) is 50.5. The SMILES string of the molecule is CC(C)(c1ccccc1)c1ccc(OC2C(Oc3ccc(C(C)(C)c4ccccc4)cc3)C(Oc3ccc(C(C)(C)c4ccccc4)cc3)C3C4NC5NC(NC6NC(NC7NC(NC(N4)C3C2Oc2ccc(C(C)(C)c3ccccc3)cc2)C2CCCCC72)C2CCCCC62)C2CCCCC52)cc1.[Pb]. The molecular weight excluding hydrogens is 1490 g/mol. The number of nitrogens with one attached hydrogen (secondary N) is 8. The van der Waals surface area contributed by atoms with Crippen LogP contribution in [-0.4, -0.2) is 101 Å². The average molecular weight is 1600 g/mol. The largest absolute Gasteiger partial charge is 0.486 e. The Morgan fingerprint density at radius 2 is 0.390 bits per heavy atom. The van der Waals surface area contributed by atoms with Crippen LogP contribution in [0.3, 0.4) is 0 Å². The van der Waals surface area contributed by atoms with E-state index < -0.39 is 24.4 Å². The molecule has 8 aromatic rings. The quantitative estimate of drug-likeness (QED) is 0.0438. The van der Waals surface area contributed by atoms with Crippen LogP contribution in [0.15, 0.2) is 218 Å². The Morgan fingerprint density at radius 1 is 0.219 bits per heavy atom. The molecule has 20 atom stereocenters. The van der Waals surface area contributed by atoms with Gasteiger partial charge in [-0.05, 0) is 167 Å². The van der Waals surface area contributed by atoms with Gasteiger partial charge in [0.2, 0.25) is 0 Å². The van der Waals surface area contributed by atoms with Gasteiger partial charge in [0.15, 0.2) is 12.2 Å². The summed E-state index contributed by atoms with van der Waals surface area (Å²) in [6.45, 7) is 18.5. The molecule has 9 aliphatic rings. The number of rotatable bonds is 16. The van der Waals surface area contributed by atoms with Crippen LogP contribution in [0.2, 0.25) is 0 Å². The van der Waals surface area contributed by atoms with E-state index in [2.05, 4.69) is 316 Å². The molecule has 5 saturated heterocycles. The first kappa shape index (κ1) is 72.7. The van der Waals surface area contributed by atoms with Crippen molar-refractivity contribution in [3.05, 3.63) is 263 Å². The third kappa shape index (κ3) is 14.2. The van der Waals surface area contributed by atoms with Crippen molar-refractivity contribution >= 4 is 27.3 Å². The Balaban J connectivity index is 0.00000847. The summed E-state index contributed by atoms with van der Waals surface area (Å²) in [5.41, 5.74) is 8.78. The first-order valence-corrected chi connectivity index (χ1v) is 39.9. The molecule has 4 saturated carbocycles. The molecule has 548 valence electrons. The Labute approximate surface area is 645 Å². The second-order valence-electron chi connectivity index (χ2n) is 34.5. The zero-order chi connectivity index (χ0) is 70.9. The standard InChI is InChI=1S/C92H112N8O4.Pb/c1-89(2,57-27-13-9-14-28-57)61-41-49-65(50-42-61)101-77-75-76(88-99-86-74-40-26-24-38-72(74)84(97-86)95-82-70-36-22-21-35-69(70)81(93-82)94-83-71-37-23-25-39-73(71)85(96-83)98-87(75)100-88)78(102-66-51-43-62(44-52-66)90(3,4)58-29-15-10-16-30-58)80(104-68-55-47-64(48-56-68)92(7,8)60-33-19-12-20-34-60)79(77)103-67-53-45-63(46-54-67)91(5,6)59-31-17-11-18-32-59;/h9-20,27-34,41-56,69-88,93-100H,21-26,35-40H2,1-8H3;. The molecule has 8 aromatic carbocycles. The Kier molecular flexibility index (Phi) is 20.9. The van der Waals surface area contributed by atoms with Crippen molar-refractivity contribution in [1.29, 1.82) is 0 Å². The Bertz CT molecular complexity index is 3900. The van der Waals surface area contributed by atoms with Crippen molar-refractivity contribution in [3.8, 4) is 23.0 Å². The van der Waals surface area contributed by atoms with Crippen LogP contribution in [0.4, 0.5) is 0 Å². The Hall–Kier alpha value is -6.44. The van der Waals surface area contributed by atoms with Crippen molar-refractivity contribution in [2.24, 2.45) is 47.3 Å². The summed E-state index contributed by atoms with van der Waals surface area (Å²) in [5.74, 6) is 5.40. The number of ether oxygens (including phenoxy) is 4. The van der Waals surface area contributed by atoms with Crippen LogP contribution in [-0.2, 0) is 21.7 Å². The Morgan fingerprint density at radius 3 is 0.600 bits per heavy atom. The van der Waals surface area contributed by atoms with Crippen LogP contribution in [0.25, 0.3) is 0 Å². The van der Waals surface area contributed by atoms with Crippen LogP contribution in [0, 0.1) is 47.3 Å². The number of fused-ring (bicyclic) bond motifs is 20. The molecule has 5 heterocycles. The van der Waals surface area contributed by atoms with E-state index in [0.717, 1.165) is 35.8 Å². The van der Waals surface area contributed by atoms with Gasteiger partial charge in [-0.25, -0.2) is 0 Å². The van der Waals surface area contributed by atoms with E-state index in [-0.39, 0.29) is 110 Å². The van der Waals surface area contributed by atoms with Crippen molar-refractivity contribution < 1.29 is 18.9 Å². The molecule has 8 bridgehead atoms. The molecule has 0 amide bonds. The summed E-state index contributed by atoms with van der Waals surface area (Å²) < 4.78 is 32.2. The van der Waals surface area contributed by atoms with Gasteiger partial charge < -0.3 is 18.9 Å². The van der Waals surface area contributed by atoms with Crippen LogP contribution in [0.1, 0.15) is 177 Å². The van der Waals surface area contributed by atoms with Gasteiger partial charge in [0.1, 0.15) is 35.2 Å². The zero-order valence-corrected chi connectivity index (χ0v) is 66.8. The minimum atomic E-state index is -0.746. The molecule has 5 aliphatic heterocycles. The van der Waals surface area contributed by atoms with Crippen molar-refractivity contribution in [1.82, 2.24) is 42.5 Å². The van der Waals surface area contributed by atoms with E-state index in [9.17, 15) is 0 Å². The van der Waals surface area contributed by atoms with E-state index in [0.29, 0.717) is 35.5 Å². The van der Waals surface area contributed by atoms with Crippen molar-refractivity contribution in [2.45, 2.75) is 228 Å². The molecule has 9 fully saturated rings. The van der Waals surface area contributed by atoms with Crippen molar-refractivity contribution in [2.75, 3.05) is 0 Å². The number of hydrogen-bond donors (Lipinski definition) is 8. The maximum absolute atomic E-state index is 8.09. The molecular formula is C92H112N8O4Pb. The second-order valence-corrected chi connectivity index (χ2v) is 34.5. The fourth-order valence-electron chi connectivity index (χ4n) is 21.1. The van der Waals surface area contributed by atoms with E-state index >= 15 is 0 Å². The summed E-state index contributed by atoms with van der Waals surface area (Å²) in [5, 5.41) is 35.5. The molecule has 8 N–H and O–H groups in total. The normalized spacial score (nSPS) is 32.3. The predicted molar refractivity (Wildman–Crippen MR) is 422 cm³/mol. The minimum absolute atomic E-state index is 0. The van der Waals surface area contributed by atoms with Gasteiger partial charge in [-0.15, -0.1) is 0 Å². The van der Waals surface area contributed by atoms with Crippen LogP contribution >= 0.6 is 0 Å². The maximum Gasteiger partial charge on any atom is 0.176 e. The molecule has 13 heteroatoms. The topological polar surface area (TPSA) is 133 Å². The zero-order valence-electron chi connectivity index (χ0n) is 62.9. The monoisotopic (exact) mass is 1600 g/mol. The number of hydrogen-bond acceptors (Lipinski definition) is 12. The van der Waals surface area contributed by atoms with Crippen molar-refractivity contribution in [3.63, 3.8) is 0 Å². The third-order valence-electron chi connectivity index (χ3n) is 27.4. The van der Waals surface area contributed by atoms with Gasteiger partial charge in [-0.2, -0.15) is 0 Å². The van der Waals surface area contributed by atoms with Gasteiger partial charge >= 0.3 is 0 Å². The average Bonchev–Trinajstić information content (AvgIpc) is 1.60. The molecule has 17 rings (SSSR count). The minimum Gasteiger partial charge on any atom is -0.486 e. The van der Waals surface area contributed by atoms with Gasteiger partial charge in [0.25, 0.3) is 0 Å². The third-order valence-corrected chi connectivity index (χ3v) is 27.4. The van der Waals surface area contributed by atoms with E-state index in [1.165, 1.54) is 109 Å². The summed E-state index contributed by atoms with van der Waals surface area (Å²) in [6.07, 6.45) is 12.2. The fourth-order valence-corrected chi connectivity index (χ4v) is 21.1. The van der Waals surface area contributed by atoms with E-state index in [1.54, 1.807) is 0 Å². The van der Waals surface area contributed by atoms with Gasteiger partial charge in [-0.1, -0.05) is 264 Å². The summed E-state index contributed by atoms with van der Waals surface area (Å²) in [4.78, 5) is 0. The first-order valence-electron chi connectivity index (χ1n) is 39.9. The van der Waals surface area contributed by atoms with Gasteiger partial charge in [-0.3, -0.25) is 42.5 Å². The second kappa shape index (κ2) is 30.2. The summed E-state index contributed by atoms with van der Waals surface area (Å²) >= 11 is 0. The smallest absolute Gasteiger partial charge is 0.176 e. The molecule has 0 spiro atoms. The van der Waals surface area contributed by atoms with Crippen LogP contribution in [0.5, 0.6) is 23.0 Å². The maximum atomic E-state index is 8.09. The molecule has 20 unspecified atom stereocenters. The van der Waals surface area contributed by atoms with E-state index in [1.807, 2.05) is 0 Å². The molecule has 4 radical (unpaired) electrons. The number of benzene rings is 8. The molecule has 12 nitrogen and oxygen atoms in total. The summed E-state index contributed by atoms with van der Waals surface area (Å²) in [7, 11) is 0. The molecule has 4 aliphatic carbocycles. The molecule has 105 heavy (non-hydrogen) atoms. The summed E-state index contributed by atoms with van der Waals surface area (Å²) in [6, 6.07) is 79.1. The van der Waals surface area contributed by atoms with Gasteiger partial charge in [0, 0.05) is 60.8 Å². The predicted octanol–water partition coefficient (Wildman–Crippen LogP) is 15.8.